The largest absolute Gasteiger partial charge is 0.478 e. The van der Waals surface area contributed by atoms with Gasteiger partial charge in [0.1, 0.15) is 0 Å². The molecule has 0 aliphatic rings. The standard InChI is InChI=1S/C10H9BrO3/c1-2-9(12)7-4-3-6(11)5-8(7)10(13)14/h3-5H,2H2,1H3,(H,13,14). The number of benzene rings is 1. The van der Waals surface area contributed by atoms with Gasteiger partial charge in [-0.25, -0.2) is 4.79 Å². The Kier molecular flexibility index (Phi) is 3.41. The molecule has 1 aromatic rings. The number of carboxylic acids is 1. The van der Waals surface area contributed by atoms with E-state index >= 15 is 0 Å². The van der Waals surface area contributed by atoms with Crippen LogP contribution in [-0.4, -0.2) is 16.9 Å². The Hall–Kier alpha value is -1.16. The van der Waals surface area contributed by atoms with Gasteiger partial charge in [-0.2, -0.15) is 0 Å². The lowest BCUT2D eigenvalue weighted by atomic mass is 10.0. The first-order valence-corrected chi connectivity index (χ1v) is 4.91. The minimum Gasteiger partial charge on any atom is -0.478 e. The van der Waals surface area contributed by atoms with E-state index in [1.807, 2.05) is 0 Å². The second kappa shape index (κ2) is 4.37. The molecular formula is C10H9BrO3. The molecule has 1 N–H and O–H groups in total. The molecule has 4 heteroatoms. The number of carbonyl (C=O) groups excluding carboxylic acids is 1. The van der Waals surface area contributed by atoms with Crippen LogP contribution in [0.4, 0.5) is 0 Å². The Morgan fingerprint density at radius 1 is 1.36 bits per heavy atom. The first-order chi connectivity index (χ1) is 6.56. The molecule has 0 heterocycles. The molecule has 0 saturated carbocycles. The molecule has 0 aliphatic carbocycles. The molecule has 0 unspecified atom stereocenters. The van der Waals surface area contributed by atoms with E-state index in [1.165, 1.54) is 12.1 Å². The van der Waals surface area contributed by atoms with Crippen LogP contribution in [-0.2, 0) is 0 Å². The van der Waals surface area contributed by atoms with Crippen molar-refractivity contribution in [2.24, 2.45) is 0 Å². The minimum absolute atomic E-state index is 0.0474. The molecule has 0 aromatic heterocycles. The third-order valence-electron chi connectivity index (χ3n) is 1.83. The number of carboxylic acid groups (broad SMARTS) is 1. The fourth-order valence-corrected chi connectivity index (χ4v) is 1.49. The number of carbonyl (C=O) groups is 2. The van der Waals surface area contributed by atoms with E-state index in [4.69, 9.17) is 5.11 Å². The van der Waals surface area contributed by atoms with Gasteiger partial charge in [0.05, 0.1) is 5.56 Å². The maximum atomic E-state index is 11.4. The van der Waals surface area contributed by atoms with Gasteiger partial charge in [-0.05, 0) is 18.2 Å². The SMILES string of the molecule is CCC(=O)c1ccc(Br)cc1C(=O)O. The van der Waals surface area contributed by atoms with E-state index in [9.17, 15) is 9.59 Å². The monoisotopic (exact) mass is 256 g/mol. The minimum atomic E-state index is -1.08. The summed E-state index contributed by atoms with van der Waals surface area (Å²) in [6.45, 7) is 1.70. The molecule has 74 valence electrons. The molecule has 0 aliphatic heterocycles. The van der Waals surface area contributed by atoms with Crippen molar-refractivity contribution in [3.05, 3.63) is 33.8 Å². The van der Waals surface area contributed by atoms with E-state index in [-0.39, 0.29) is 16.9 Å². The normalized spacial score (nSPS) is 9.86. The molecule has 0 saturated heterocycles. The summed E-state index contributed by atoms with van der Waals surface area (Å²) in [4.78, 5) is 22.2. The highest BCUT2D eigenvalue weighted by Gasteiger charge is 2.14. The van der Waals surface area contributed by atoms with E-state index < -0.39 is 5.97 Å². The van der Waals surface area contributed by atoms with Crippen LogP contribution >= 0.6 is 15.9 Å². The molecule has 0 atom stereocenters. The van der Waals surface area contributed by atoms with Crippen molar-refractivity contribution < 1.29 is 14.7 Å². The second-order valence-corrected chi connectivity index (χ2v) is 3.69. The van der Waals surface area contributed by atoms with Crippen molar-refractivity contribution in [1.82, 2.24) is 0 Å². The molecular weight excluding hydrogens is 248 g/mol. The maximum Gasteiger partial charge on any atom is 0.336 e. The summed E-state index contributed by atoms with van der Waals surface area (Å²) in [6.07, 6.45) is 0.307. The van der Waals surface area contributed by atoms with E-state index in [0.717, 1.165) is 0 Å². The molecule has 0 bridgehead atoms. The Bertz CT molecular complexity index is 385. The molecule has 3 nitrogen and oxygen atoms in total. The first-order valence-electron chi connectivity index (χ1n) is 4.12. The van der Waals surface area contributed by atoms with Crippen LogP contribution in [0.2, 0.25) is 0 Å². The number of Topliss-reactive ketones (excluding diaryl/α,β-unsaturated/α-hetero) is 1. The predicted octanol–water partition coefficient (Wildman–Crippen LogP) is 2.74. The summed E-state index contributed by atoms with van der Waals surface area (Å²) in [5.74, 6) is -1.24. The van der Waals surface area contributed by atoms with Gasteiger partial charge in [0.15, 0.2) is 5.78 Å². The van der Waals surface area contributed by atoms with Crippen LogP contribution in [0.3, 0.4) is 0 Å². The summed E-state index contributed by atoms with van der Waals surface area (Å²) in [5.41, 5.74) is 0.314. The van der Waals surface area contributed by atoms with E-state index in [2.05, 4.69) is 15.9 Å². The van der Waals surface area contributed by atoms with Crippen LogP contribution in [0, 0.1) is 0 Å². The van der Waals surface area contributed by atoms with Crippen molar-refractivity contribution >= 4 is 27.7 Å². The summed E-state index contributed by atoms with van der Waals surface area (Å²) < 4.78 is 0.655. The van der Waals surface area contributed by atoms with Crippen LogP contribution in [0.15, 0.2) is 22.7 Å². The molecule has 0 radical (unpaired) electrons. The molecule has 0 amide bonds. The third kappa shape index (κ3) is 2.20. The number of ketones is 1. The van der Waals surface area contributed by atoms with E-state index in [1.54, 1.807) is 13.0 Å². The van der Waals surface area contributed by atoms with Crippen molar-refractivity contribution in [2.75, 3.05) is 0 Å². The lowest BCUT2D eigenvalue weighted by Crippen LogP contribution is -2.07. The van der Waals surface area contributed by atoms with Gasteiger partial charge in [0, 0.05) is 16.5 Å². The summed E-state index contributed by atoms with van der Waals surface area (Å²) >= 11 is 3.16. The average Bonchev–Trinajstić information content (AvgIpc) is 2.16. The van der Waals surface area contributed by atoms with Crippen LogP contribution in [0.25, 0.3) is 0 Å². The molecule has 14 heavy (non-hydrogen) atoms. The van der Waals surface area contributed by atoms with Gasteiger partial charge in [-0.1, -0.05) is 22.9 Å². The fraction of sp³-hybridized carbons (Fsp3) is 0.200. The smallest absolute Gasteiger partial charge is 0.336 e. The van der Waals surface area contributed by atoms with Crippen LogP contribution < -0.4 is 0 Å². The Morgan fingerprint density at radius 2 is 2.00 bits per heavy atom. The second-order valence-electron chi connectivity index (χ2n) is 2.77. The molecule has 0 spiro atoms. The highest BCUT2D eigenvalue weighted by Crippen LogP contribution is 2.18. The molecule has 0 fully saturated rings. The third-order valence-corrected chi connectivity index (χ3v) is 2.33. The van der Waals surface area contributed by atoms with Crippen molar-refractivity contribution in [3.63, 3.8) is 0 Å². The topological polar surface area (TPSA) is 54.4 Å². The zero-order valence-electron chi connectivity index (χ0n) is 7.58. The van der Waals surface area contributed by atoms with Crippen LogP contribution in [0.1, 0.15) is 34.1 Å². The number of aromatic carboxylic acids is 1. The summed E-state index contributed by atoms with van der Waals surface area (Å²) in [6, 6.07) is 4.62. The first kappa shape index (κ1) is 10.9. The summed E-state index contributed by atoms with van der Waals surface area (Å²) in [7, 11) is 0. The maximum absolute atomic E-state index is 11.4. The van der Waals surface area contributed by atoms with E-state index in [0.29, 0.717) is 10.9 Å². The zero-order valence-corrected chi connectivity index (χ0v) is 9.17. The van der Waals surface area contributed by atoms with Crippen molar-refractivity contribution in [2.45, 2.75) is 13.3 Å². The van der Waals surface area contributed by atoms with Gasteiger partial charge in [0.2, 0.25) is 0 Å². The van der Waals surface area contributed by atoms with Gasteiger partial charge in [-0.15, -0.1) is 0 Å². The Labute approximate surface area is 89.9 Å². The number of rotatable bonds is 3. The number of halogens is 1. The fourth-order valence-electron chi connectivity index (χ4n) is 1.13. The van der Waals surface area contributed by atoms with Crippen molar-refractivity contribution in [3.8, 4) is 0 Å². The Balaban J connectivity index is 3.28. The lowest BCUT2D eigenvalue weighted by Gasteiger charge is -2.03. The van der Waals surface area contributed by atoms with Gasteiger partial charge < -0.3 is 5.11 Å². The van der Waals surface area contributed by atoms with Crippen molar-refractivity contribution in [1.29, 1.82) is 0 Å². The molecule has 1 rings (SSSR count). The highest BCUT2D eigenvalue weighted by molar-refractivity contribution is 9.10. The van der Waals surface area contributed by atoms with Crippen LogP contribution in [0.5, 0.6) is 0 Å². The lowest BCUT2D eigenvalue weighted by molar-refractivity contribution is 0.0692. The quantitative estimate of drug-likeness (QED) is 0.847. The summed E-state index contributed by atoms with van der Waals surface area (Å²) in [5, 5.41) is 8.86. The highest BCUT2D eigenvalue weighted by atomic mass is 79.9. The van der Waals surface area contributed by atoms with Gasteiger partial charge in [0.25, 0.3) is 0 Å². The zero-order chi connectivity index (χ0) is 10.7. The van der Waals surface area contributed by atoms with Gasteiger partial charge in [-0.3, -0.25) is 4.79 Å². The molecule has 1 aromatic carbocycles. The Morgan fingerprint density at radius 3 is 2.50 bits per heavy atom. The average molecular weight is 257 g/mol. The number of hydrogen-bond donors (Lipinski definition) is 1. The van der Waals surface area contributed by atoms with Gasteiger partial charge >= 0.3 is 5.97 Å². The number of hydrogen-bond acceptors (Lipinski definition) is 2. The predicted molar refractivity (Wildman–Crippen MR) is 55.7 cm³/mol.